The molecule has 2 aromatic rings. The summed E-state index contributed by atoms with van der Waals surface area (Å²) in [5.41, 5.74) is 0.711. The zero-order chi connectivity index (χ0) is 19.9. The normalized spacial score (nSPS) is 12.3. The first kappa shape index (κ1) is 20.8. The molecule has 2 rings (SSSR count). The smallest absolute Gasteiger partial charge is 0.405 e. The Morgan fingerprint density at radius 1 is 1.04 bits per heavy atom. The van der Waals surface area contributed by atoms with Crippen molar-refractivity contribution in [2.75, 3.05) is 13.2 Å². The molecule has 0 heterocycles. The predicted molar refractivity (Wildman–Crippen MR) is 94.6 cm³/mol. The van der Waals surface area contributed by atoms with E-state index >= 15 is 0 Å². The average Bonchev–Trinajstić information content (AvgIpc) is 2.64. The number of esters is 1. The Hall–Kier alpha value is -2.54. The highest BCUT2D eigenvalue weighted by atomic mass is 35.5. The highest BCUT2D eigenvalue weighted by Gasteiger charge is 2.30. The van der Waals surface area contributed by atoms with Crippen molar-refractivity contribution in [2.24, 2.45) is 0 Å². The van der Waals surface area contributed by atoms with Gasteiger partial charge in [0.2, 0.25) is 5.91 Å². The van der Waals surface area contributed by atoms with Crippen molar-refractivity contribution in [3.63, 3.8) is 0 Å². The van der Waals surface area contributed by atoms with Crippen LogP contribution in [0.15, 0.2) is 54.6 Å². The lowest BCUT2D eigenvalue weighted by molar-refractivity contribution is -0.139. The molecule has 27 heavy (non-hydrogen) atoms. The molecule has 0 aliphatic carbocycles. The summed E-state index contributed by atoms with van der Waals surface area (Å²) < 4.78 is 42.3. The highest BCUT2D eigenvalue weighted by molar-refractivity contribution is 6.31. The number of benzene rings is 2. The van der Waals surface area contributed by atoms with Gasteiger partial charge in [-0.15, -0.1) is 0 Å². The molecule has 144 valence electrons. The van der Waals surface area contributed by atoms with Gasteiger partial charge in [-0.05, 0) is 30.2 Å². The number of nitrogens with one attached hydrogen (secondary N) is 1. The molecule has 0 saturated carbocycles. The van der Waals surface area contributed by atoms with Crippen LogP contribution in [0.1, 0.15) is 28.3 Å². The maximum atomic E-state index is 12.4. The van der Waals surface area contributed by atoms with Gasteiger partial charge in [-0.2, -0.15) is 13.2 Å². The van der Waals surface area contributed by atoms with Gasteiger partial charge in [0.15, 0.2) is 0 Å². The van der Waals surface area contributed by atoms with E-state index in [9.17, 15) is 22.8 Å². The van der Waals surface area contributed by atoms with Crippen LogP contribution < -0.4 is 5.32 Å². The van der Waals surface area contributed by atoms with Gasteiger partial charge in [0.05, 0.1) is 18.1 Å². The molecule has 0 aliphatic rings. The molecule has 0 spiro atoms. The van der Waals surface area contributed by atoms with Crippen molar-refractivity contribution in [3.8, 4) is 0 Å². The van der Waals surface area contributed by atoms with Crippen molar-refractivity contribution in [1.82, 2.24) is 5.32 Å². The minimum atomic E-state index is -4.53. The van der Waals surface area contributed by atoms with Crippen LogP contribution in [0.25, 0.3) is 0 Å². The lowest BCUT2D eigenvalue weighted by atomic mass is 9.95. The number of hydrogen-bond acceptors (Lipinski definition) is 3. The average molecular weight is 400 g/mol. The second kappa shape index (κ2) is 9.41. The minimum Gasteiger partial charge on any atom is -0.462 e. The van der Waals surface area contributed by atoms with Gasteiger partial charge in [-0.25, -0.2) is 4.79 Å². The molecule has 0 bridgehead atoms. The standard InChI is InChI=1S/C19H17ClF3NO3/c20-16-9-5-4-8-14(16)15(17(25)24-12-19(21,22)23)10-11-27-18(26)13-6-2-1-3-7-13/h1-9,15H,10-12H2,(H,24,25). The Bertz CT molecular complexity index is 781. The van der Waals surface area contributed by atoms with E-state index in [4.69, 9.17) is 16.3 Å². The summed E-state index contributed by atoms with van der Waals surface area (Å²) in [6.45, 7) is -1.60. The molecular weight excluding hydrogens is 383 g/mol. The van der Waals surface area contributed by atoms with E-state index in [1.54, 1.807) is 48.5 Å². The Labute approximate surface area is 159 Å². The number of alkyl halides is 3. The fourth-order valence-electron chi connectivity index (χ4n) is 2.42. The third-order valence-corrected chi connectivity index (χ3v) is 4.05. The quantitative estimate of drug-likeness (QED) is 0.704. The van der Waals surface area contributed by atoms with Crippen LogP contribution >= 0.6 is 11.6 Å². The van der Waals surface area contributed by atoms with Crippen LogP contribution in [0.2, 0.25) is 5.02 Å². The van der Waals surface area contributed by atoms with Crippen molar-refractivity contribution in [3.05, 3.63) is 70.7 Å². The summed E-state index contributed by atoms with van der Waals surface area (Å²) >= 11 is 6.08. The summed E-state index contributed by atoms with van der Waals surface area (Å²) in [5.74, 6) is -2.40. The fourth-order valence-corrected chi connectivity index (χ4v) is 2.69. The molecule has 0 radical (unpaired) electrons. The van der Waals surface area contributed by atoms with Crippen LogP contribution in [0, 0.1) is 0 Å². The largest absolute Gasteiger partial charge is 0.462 e. The van der Waals surface area contributed by atoms with Gasteiger partial charge in [-0.3, -0.25) is 4.79 Å². The number of carbonyl (C=O) groups is 2. The summed E-state index contributed by atoms with van der Waals surface area (Å²) in [4.78, 5) is 24.2. The first-order valence-electron chi connectivity index (χ1n) is 8.09. The number of halogens is 4. The third-order valence-electron chi connectivity index (χ3n) is 3.71. The zero-order valence-electron chi connectivity index (χ0n) is 14.1. The summed E-state index contributed by atoms with van der Waals surface area (Å²) in [7, 11) is 0. The van der Waals surface area contributed by atoms with Crippen LogP contribution in [-0.2, 0) is 9.53 Å². The second-order valence-electron chi connectivity index (χ2n) is 5.70. The number of hydrogen-bond donors (Lipinski definition) is 1. The molecule has 8 heteroatoms. The maximum Gasteiger partial charge on any atom is 0.405 e. The van der Waals surface area contributed by atoms with E-state index in [1.807, 2.05) is 5.32 Å². The lowest BCUT2D eigenvalue weighted by Crippen LogP contribution is -2.37. The molecule has 1 unspecified atom stereocenters. The molecule has 0 aromatic heterocycles. The molecule has 2 aromatic carbocycles. The van der Waals surface area contributed by atoms with Crippen LogP contribution in [0.5, 0.6) is 0 Å². The topological polar surface area (TPSA) is 55.4 Å². The monoisotopic (exact) mass is 399 g/mol. The van der Waals surface area contributed by atoms with Crippen molar-refractivity contribution < 1.29 is 27.5 Å². The zero-order valence-corrected chi connectivity index (χ0v) is 14.9. The van der Waals surface area contributed by atoms with E-state index in [2.05, 4.69) is 0 Å². The molecule has 1 N–H and O–H groups in total. The number of amides is 1. The maximum absolute atomic E-state index is 12.4. The molecule has 0 fully saturated rings. The SMILES string of the molecule is O=C(OCCC(C(=O)NCC(F)(F)F)c1ccccc1Cl)c1ccccc1. The number of rotatable bonds is 7. The third kappa shape index (κ3) is 6.60. The highest BCUT2D eigenvalue weighted by Crippen LogP contribution is 2.28. The molecule has 4 nitrogen and oxygen atoms in total. The van der Waals surface area contributed by atoms with Gasteiger partial charge in [0.1, 0.15) is 6.54 Å². The van der Waals surface area contributed by atoms with E-state index < -0.39 is 30.5 Å². The fraction of sp³-hybridized carbons (Fsp3) is 0.263. The summed E-state index contributed by atoms with van der Waals surface area (Å²) in [6, 6.07) is 14.6. The van der Waals surface area contributed by atoms with Gasteiger partial charge in [-0.1, -0.05) is 48.0 Å². The van der Waals surface area contributed by atoms with Crippen LogP contribution in [0.3, 0.4) is 0 Å². The van der Waals surface area contributed by atoms with Gasteiger partial charge in [0, 0.05) is 5.02 Å². The van der Waals surface area contributed by atoms with E-state index in [0.29, 0.717) is 11.1 Å². The molecule has 1 atom stereocenters. The Kier molecular flexibility index (Phi) is 7.24. The number of carbonyl (C=O) groups excluding carboxylic acids is 2. The summed E-state index contributed by atoms with van der Waals surface area (Å²) in [5, 5.41) is 2.10. The molecule has 0 aliphatic heterocycles. The van der Waals surface area contributed by atoms with Gasteiger partial charge < -0.3 is 10.1 Å². The van der Waals surface area contributed by atoms with Crippen LogP contribution in [0.4, 0.5) is 13.2 Å². The second-order valence-corrected chi connectivity index (χ2v) is 6.10. The predicted octanol–water partition coefficient (Wildman–Crippen LogP) is 4.35. The summed E-state index contributed by atoms with van der Waals surface area (Å²) in [6.07, 6.45) is -4.54. The Morgan fingerprint density at radius 3 is 2.30 bits per heavy atom. The van der Waals surface area contributed by atoms with E-state index in [-0.39, 0.29) is 18.1 Å². The molecular formula is C19H17ClF3NO3. The van der Waals surface area contributed by atoms with E-state index in [0.717, 1.165) is 0 Å². The van der Waals surface area contributed by atoms with Crippen molar-refractivity contribution >= 4 is 23.5 Å². The Morgan fingerprint density at radius 2 is 1.67 bits per heavy atom. The minimum absolute atomic E-state index is 0.00794. The molecule has 1 amide bonds. The number of ether oxygens (including phenoxy) is 1. The van der Waals surface area contributed by atoms with E-state index in [1.165, 1.54) is 6.07 Å². The first-order chi connectivity index (χ1) is 12.8. The van der Waals surface area contributed by atoms with Crippen molar-refractivity contribution in [2.45, 2.75) is 18.5 Å². The Balaban J connectivity index is 2.05. The van der Waals surface area contributed by atoms with Gasteiger partial charge in [0.25, 0.3) is 0 Å². The van der Waals surface area contributed by atoms with Crippen molar-refractivity contribution in [1.29, 1.82) is 0 Å². The van der Waals surface area contributed by atoms with Gasteiger partial charge >= 0.3 is 12.1 Å². The lowest BCUT2D eigenvalue weighted by Gasteiger charge is -2.19. The van der Waals surface area contributed by atoms with Crippen LogP contribution in [-0.4, -0.2) is 31.2 Å². The first-order valence-corrected chi connectivity index (χ1v) is 8.47. The molecule has 0 saturated heterocycles.